The molecule has 0 heterocycles. The second kappa shape index (κ2) is 12.2. The summed E-state index contributed by atoms with van der Waals surface area (Å²) in [5.74, 6) is 0.558. The number of carbonyl (C=O) groups excluding carboxylic acids is 1. The van der Waals surface area contributed by atoms with Crippen molar-refractivity contribution < 1.29 is 9.90 Å². The van der Waals surface area contributed by atoms with Crippen LogP contribution in [-0.2, 0) is 0 Å². The molecule has 28 heavy (non-hydrogen) atoms. The Morgan fingerprint density at radius 3 is 2.39 bits per heavy atom. The summed E-state index contributed by atoms with van der Waals surface area (Å²) in [6, 6.07) is 16.8. The van der Waals surface area contributed by atoms with Crippen LogP contribution in [0.4, 0.5) is 0 Å². The number of nitrogens with zero attached hydrogens (tertiary/aromatic N) is 1. The van der Waals surface area contributed by atoms with Crippen LogP contribution in [0.1, 0.15) is 35.4 Å². The SMILES string of the molecule is CCNC(=NCCC(O)c1ccccc1)NCCNC(=O)c1ccc(Br)cc1. The van der Waals surface area contributed by atoms with Gasteiger partial charge in [-0.2, -0.15) is 0 Å². The van der Waals surface area contributed by atoms with E-state index < -0.39 is 6.10 Å². The lowest BCUT2D eigenvalue weighted by atomic mass is 10.1. The van der Waals surface area contributed by atoms with Gasteiger partial charge in [0.15, 0.2) is 5.96 Å². The molecule has 0 aliphatic carbocycles. The number of hydrogen-bond acceptors (Lipinski definition) is 3. The van der Waals surface area contributed by atoms with Crippen molar-refractivity contribution in [3.63, 3.8) is 0 Å². The first kappa shape index (κ1) is 21.9. The van der Waals surface area contributed by atoms with Gasteiger partial charge in [-0.3, -0.25) is 9.79 Å². The molecule has 0 saturated carbocycles. The number of halogens is 1. The molecule has 0 radical (unpaired) electrons. The third-order valence-electron chi connectivity index (χ3n) is 4.01. The Labute approximate surface area is 174 Å². The number of rotatable bonds is 9. The fourth-order valence-corrected chi connectivity index (χ4v) is 2.81. The Morgan fingerprint density at radius 1 is 1.04 bits per heavy atom. The van der Waals surface area contributed by atoms with Gasteiger partial charge >= 0.3 is 0 Å². The van der Waals surface area contributed by atoms with Crippen LogP contribution in [0.5, 0.6) is 0 Å². The molecule has 6 nitrogen and oxygen atoms in total. The van der Waals surface area contributed by atoms with Crippen LogP contribution in [-0.4, -0.2) is 43.2 Å². The van der Waals surface area contributed by atoms with E-state index in [0.717, 1.165) is 16.6 Å². The zero-order chi connectivity index (χ0) is 20.2. The third kappa shape index (κ3) is 7.70. The Balaban J connectivity index is 1.73. The number of amides is 1. The molecule has 1 atom stereocenters. The van der Waals surface area contributed by atoms with Crippen LogP contribution in [0.25, 0.3) is 0 Å². The molecule has 0 aromatic heterocycles. The van der Waals surface area contributed by atoms with Crippen molar-refractivity contribution in [1.29, 1.82) is 0 Å². The van der Waals surface area contributed by atoms with Crippen molar-refractivity contribution in [2.45, 2.75) is 19.4 Å². The smallest absolute Gasteiger partial charge is 0.251 e. The molecule has 150 valence electrons. The van der Waals surface area contributed by atoms with Gasteiger partial charge in [0.25, 0.3) is 5.91 Å². The highest BCUT2D eigenvalue weighted by molar-refractivity contribution is 9.10. The number of guanidine groups is 1. The predicted octanol–water partition coefficient (Wildman–Crippen LogP) is 2.86. The van der Waals surface area contributed by atoms with Crippen LogP contribution in [0.3, 0.4) is 0 Å². The molecule has 0 fully saturated rings. The number of nitrogens with one attached hydrogen (secondary N) is 3. The molecule has 2 aromatic rings. The lowest BCUT2D eigenvalue weighted by Crippen LogP contribution is -2.41. The minimum Gasteiger partial charge on any atom is -0.388 e. The Morgan fingerprint density at radius 2 is 1.71 bits per heavy atom. The Kier molecular flexibility index (Phi) is 9.51. The van der Waals surface area contributed by atoms with E-state index in [1.165, 1.54) is 0 Å². The maximum Gasteiger partial charge on any atom is 0.251 e. The second-order valence-corrected chi connectivity index (χ2v) is 7.08. The molecule has 2 aromatic carbocycles. The van der Waals surface area contributed by atoms with E-state index in [1.807, 2.05) is 49.4 Å². The first-order chi connectivity index (χ1) is 13.6. The second-order valence-electron chi connectivity index (χ2n) is 6.17. The van der Waals surface area contributed by atoms with E-state index in [4.69, 9.17) is 0 Å². The average Bonchev–Trinajstić information content (AvgIpc) is 2.72. The Bertz CT molecular complexity index is 751. The molecule has 2 rings (SSSR count). The number of benzene rings is 2. The summed E-state index contributed by atoms with van der Waals surface area (Å²) in [5, 5.41) is 19.4. The van der Waals surface area contributed by atoms with Crippen molar-refractivity contribution in [2.75, 3.05) is 26.2 Å². The molecule has 0 spiro atoms. The largest absolute Gasteiger partial charge is 0.388 e. The monoisotopic (exact) mass is 446 g/mol. The number of aliphatic hydroxyl groups is 1. The standard InChI is InChI=1S/C21H27BrN4O2/c1-2-23-21(25-13-12-19(27)16-6-4-3-5-7-16)26-15-14-24-20(28)17-8-10-18(22)11-9-17/h3-11,19,27H,2,12-15H2,1H3,(H,24,28)(H2,23,25,26). The summed E-state index contributed by atoms with van der Waals surface area (Å²) in [6.45, 7) is 4.25. The van der Waals surface area contributed by atoms with Gasteiger partial charge in [0.2, 0.25) is 0 Å². The van der Waals surface area contributed by atoms with E-state index in [1.54, 1.807) is 12.1 Å². The van der Waals surface area contributed by atoms with Crippen LogP contribution >= 0.6 is 15.9 Å². The minimum atomic E-state index is -0.530. The summed E-state index contributed by atoms with van der Waals surface area (Å²) >= 11 is 3.35. The van der Waals surface area contributed by atoms with Crippen molar-refractivity contribution in [3.8, 4) is 0 Å². The van der Waals surface area contributed by atoms with E-state index in [0.29, 0.717) is 37.6 Å². The predicted molar refractivity (Wildman–Crippen MR) is 116 cm³/mol. The van der Waals surface area contributed by atoms with Crippen molar-refractivity contribution in [3.05, 3.63) is 70.2 Å². The number of hydrogen-bond donors (Lipinski definition) is 4. The lowest BCUT2D eigenvalue weighted by molar-refractivity contribution is 0.0954. The van der Waals surface area contributed by atoms with Crippen molar-refractivity contribution in [2.24, 2.45) is 4.99 Å². The molecule has 0 saturated heterocycles. The normalized spacial score (nSPS) is 12.3. The highest BCUT2D eigenvalue weighted by Crippen LogP contribution is 2.15. The minimum absolute atomic E-state index is 0.109. The Hall–Kier alpha value is -2.38. The maximum absolute atomic E-state index is 12.1. The molecule has 4 N–H and O–H groups in total. The summed E-state index contributed by atoms with van der Waals surface area (Å²) in [5.41, 5.74) is 1.52. The fraction of sp³-hybridized carbons (Fsp3) is 0.333. The van der Waals surface area contributed by atoms with Crippen molar-refractivity contribution >= 4 is 27.8 Å². The summed E-state index contributed by atoms with van der Waals surface area (Å²) in [7, 11) is 0. The lowest BCUT2D eigenvalue weighted by Gasteiger charge is -2.13. The molecule has 0 aliphatic heterocycles. The highest BCUT2D eigenvalue weighted by Gasteiger charge is 2.07. The highest BCUT2D eigenvalue weighted by atomic mass is 79.9. The quantitative estimate of drug-likeness (QED) is 0.271. The fourth-order valence-electron chi connectivity index (χ4n) is 2.54. The number of aliphatic imine (C=N–C) groups is 1. The molecular weight excluding hydrogens is 420 g/mol. The summed E-state index contributed by atoms with van der Waals surface area (Å²) < 4.78 is 0.939. The maximum atomic E-state index is 12.1. The van der Waals surface area contributed by atoms with E-state index in [-0.39, 0.29) is 5.91 Å². The zero-order valence-electron chi connectivity index (χ0n) is 16.0. The van der Waals surface area contributed by atoms with Gasteiger partial charge in [-0.05, 0) is 43.2 Å². The summed E-state index contributed by atoms with van der Waals surface area (Å²) in [6.07, 6.45) is 0.0129. The molecule has 0 bridgehead atoms. The van der Waals surface area contributed by atoms with Gasteiger partial charge in [0.05, 0.1) is 6.10 Å². The first-order valence-electron chi connectivity index (χ1n) is 9.39. The van der Waals surface area contributed by atoms with E-state index >= 15 is 0 Å². The molecule has 0 aliphatic rings. The van der Waals surface area contributed by atoms with Gasteiger partial charge in [0, 0.05) is 36.2 Å². The van der Waals surface area contributed by atoms with Crippen LogP contribution < -0.4 is 16.0 Å². The third-order valence-corrected chi connectivity index (χ3v) is 4.54. The van der Waals surface area contributed by atoms with Crippen LogP contribution in [0.15, 0.2) is 64.1 Å². The van der Waals surface area contributed by atoms with Crippen LogP contribution in [0, 0.1) is 0 Å². The van der Waals surface area contributed by atoms with Crippen molar-refractivity contribution in [1.82, 2.24) is 16.0 Å². The van der Waals surface area contributed by atoms with Gasteiger partial charge in [-0.1, -0.05) is 46.3 Å². The molecular formula is C21H27BrN4O2. The van der Waals surface area contributed by atoms with Gasteiger partial charge < -0.3 is 21.1 Å². The molecule has 7 heteroatoms. The average molecular weight is 447 g/mol. The van der Waals surface area contributed by atoms with E-state index in [9.17, 15) is 9.90 Å². The van der Waals surface area contributed by atoms with E-state index in [2.05, 4.69) is 36.9 Å². The van der Waals surface area contributed by atoms with Crippen LogP contribution in [0.2, 0.25) is 0 Å². The topological polar surface area (TPSA) is 85.8 Å². The number of aliphatic hydroxyl groups excluding tert-OH is 1. The van der Waals surface area contributed by atoms with Gasteiger partial charge in [-0.15, -0.1) is 0 Å². The number of carbonyl (C=O) groups is 1. The summed E-state index contributed by atoms with van der Waals surface area (Å²) in [4.78, 5) is 16.6. The zero-order valence-corrected chi connectivity index (χ0v) is 17.6. The van der Waals surface area contributed by atoms with Gasteiger partial charge in [-0.25, -0.2) is 0 Å². The first-order valence-corrected chi connectivity index (χ1v) is 10.2. The van der Waals surface area contributed by atoms with Gasteiger partial charge in [0.1, 0.15) is 0 Å². The molecule has 1 amide bonds. The molecule has 1 unspecified atom stereocenters.